The van der Waals surface area contributed by atoms with Gasteiger partial charge in [-0.3, -0.25) is 14.5 Å². The summed E-state index contributed by atoms with van der Waals surface area (Å²) in [6.07, 6.45) is 1.55. The highest BCUT2D eigenvalue weighted by Gasteiger charge is 2.26. The molecule has 0 bridgehead atoms. The molecule has 1 unspecified atom stereocenters. The van der Waals surface area contributed by atoms with Crippen molar-refractivity contribution in [2.24, 2.45) is 0 Å². The highest BCUT2D eigenvalue weighted by atomic mass is 16.5. The smallest absolute Gasteiger partial charge is 0.253 e. The molecule has 3 heterocycles. The first-order valence-electron chi connectivity index (χ1n) is 10.8. The van der Waals surface area contributed by atoms with Crippen LogP contribution in [0.2, 0.25) is 0 Å². The molecule has 1 aromatic carbocycles. The third-order valence-corrected chi connectivity index (χ3v) is 5.64. The number of fused-ring (bicyclic) bond motifs is 1. The lowest BCUT2D eigenvalue weighted by Crippen LogP contribution is -2.46. The van der Waals surface area contributed by atoms with Gasteiger partial charge >= 0.3 is 0 Å². The first-order valence-corrected chi connectivity index (χ1v) is 10.8. The number of carbonyl (C=O) groups is 2. The van der Waals surface area contributed by atoms with Crippen LogP contribution in [0.1, 0.15) is 22.8 Å². The van der Waals surface area contributed by atoms with Crippen molar-refractivity contribution in [2.75, 3.05) is 56.7 Å². The Balaban J connectivity index is 1.47. The summed E-state index contributed by atoms with van der Waals surface area (Å²) in [7, 11) is 1.62. The van der Waals surface area contributed by atoms with Crippen molar-refractivity contribution < 1.29 is 19.1 Å². The number of anilines is 2. The molecule has 9 heteroatoms. The molecule has 0 aliphatic carbocycles. The Morgan fingerprint density at radius 2 is 2.03 bits per heavy atom. The third kappa shape index (κ3) is 5.17. The number of nitrogens with zero attached hydrogens (tertiary/aromatic N) is 3. The Morgan fingerprint density at radius 3 is 2.75 bits per heavy atom. The molecule has 0 spiro atoms. The van der Waals surface area contributed by atoms with Gasteiger partial charge in [0.1, 0.15) is 5.75 Å². The molecule has 1 saturated heterocycles. The predicted octanol–water partition coefficient (Wildman–Crippen LogP) is 1.50. The van der Waals surface area contributed by atoms with Crippen LogP contribution in [0.3, 0.4) is 0 Å². The molecule has 2 aromatic rings. The number of aromatic nitrogens is 1. The molecule has 2 aliphatic heterocycles. The highest BCUT2D eigenvalue weighted by molar-refractivity contribution is 6.04. The van der Waals surface area contributed by atoms with E-state index in [1.165, 1.54) is 0 Å². The maximum absolute atomic E-state index is 12.9. The zero-order valence-corrected chi connectivity index (χ0v) is 18.5. The van der Waals surface area contributed by atoms with E-state index >= 15 is 0 Å². The van der Waals surface area contributed by atoms with Crippen LogP contribution in [0.4, 0.5) is 11.5 Å². The SMILES string of the molecule is COc1ccc(CN2C(=O)CNc3ncc(C(=O)NC(C)CN4CCOCC4)cc32)cc1. The zero-order valence-electron chi connectivity index (χ0n) is 18.5. The molecular weight excluding hydrogens is 410 g/mol. The summed E-state index contributed by atoms with van der Waals surface area (Å²) < 4.78 is 10.6. The van der Waals surface area contributed by atoms with E-state index in [1.54, 1.807) is 24.3 Å². The number of benzene rings is 1. The fourth-order valence-electron chi connectivity index (χ4n) is 3.92. The van der Waals surface area contributed by atoms with Gasteiger partial charge in [-0.25, -0.2) is 4.98 Å². The Morgan fingerprint density at radius 1 is 1.28 bits per heavy atom. The Labute approximate surface area is 187 Å². The summed E-state index contributed by atoms with van der Waals surface area (Å²) in [6, 6.07) is 9.27. The van der Waals surface area contributed by atoms with E-state index < -0.39 is 0 Å². The van der Waals surface area contributed by atoms with Crippen molar-refractivity contribution in [3.05, 3.63) is 47.7 Å². The van der Waals surface area contributed by atoms with Crippen molar-refractivity contribution in [2.45, 2.75) is 19.5 Å². The maximum Gasteiger partial charge on any atom is 0.253 e. The van der Waals surface area contributed by atoms with E-state index in [0.29, 0.717) is 23.6 Å². The van der Waals surface area contributed by atoms with Gasteiger partial charge in [-0.2, -0.15) is 0 Å². The molecule has 0 radical (unpaired) electrons. The summed E-state index contributed by atoms with van der Waals surface area (Å²) in [4.78, 5) is 33.9. The summed E-state index contributed by atoms with van der Waals surface area (Å²) in [5.41, 5.74) is 1.99. The van der Waals surface area contributed by atoms with E-state index in [4.69, 9.17) is 9.47 Å². The summed E-state index contributed by atoms with van der Waals surface area (Å²) in [6.45, 7) is 6.48. The number of nitrogens with one attached hydrogen (secondary N) is 2. The fraction of sp³-hybridized carbons (Fsp3) is 0.435. The number of pyridine rings is 1. The molecule has 0 saturated carbocycles. The van der Waals surface area contributed by atoms with Gasteiger partial charge in [0.15, 0.2) is 5.82 Å². The zero-order chi connectivity index (χ0) is 22.5. The number of hydrogen-bond acceptors (Lipinski definition) is 7. The Bertz CT molecular complexity index is 959. The van der Waals surface area contributed by atoms with Crippen LogP contribution in [-0.4, -0.2) is 74.2 Å². The minimum atomic E-state index is -0.205. The van der Waals surface area contributed by atoms with Gasteiger partial charge < -0.3 is 25.0 Å². The molecule has 1 atom stereocenters. The number of morpholine rings is 1. The largest absolute Gasteiger partial charge is 0.497 e. The van der Waals surface area contributed by atoms with Gasteiger partial charge in [0, 0.05) is 31.9 Å². The number of amides is 2. The quantitative estimate of drug-likeness (QED) is 0.675. The Kier molecular flexibility index (Phi) is 6.87. The van der Waals surface area contributed by atoms with Gasteiger partial charge in [-0.1, -0.05) is 12.1 Å². The van der Waals surface area contributed by atoms with Crippen LogP contribution in [0, 0.1) is 0 Å². The normalized spacial score (nSPS) is 17.3. The van der Waals surface area contributed by atoms with Gasteiger partial charge in [-0.15, -0.1) is 0 Å². The molecule has 4 rings (SSSR count). The molecule has 170 valence electrons. The summed E-state index contributed by atoms with van der Waals surface area (Å²) in [5, 5.41) is 6.07. The first-order chi connectivity index (χ1) is 15.5. The monoisotopic (exact) mass is 439 g/mol. The van der Waals surface area contributed by atoms with Gasteiger partial charge in [0.05, 0.1) is 44.7 Å². The fourth-order valence-corrected chi connectivity index (χ4v) is 3.92. The van der Waals surface area contributed by atoms with E-state index in [0.717, 1.165) is 44.2 Å². The minimum Gasteiger partial charge on any atom is -0.497 e. The molecule has 1 aromatic heterocycles. The molecule has 2 aliphatic rings. The number of rotatable bonds is 7. The van der Waals surface area contributed by atoms with E-state index in [2.05, 4.69) is 20.5 Å². The topological polar surface area (TPSA) is 96.0 Å². The van der Waals surface area contributed by atoms with Crippen molar-refractivity contribution in [1.82, 2.24) is 15.2 Å². The molecule has 9 nitrogen and oxygen atoms in total. The summed E-state index contributed by atoms with van der Waals surface area (Å²) >= 11 is 0. The Hall–Kier alpha value is -3.17. The van der Waals surface area contributed by atoms with Gasteiger partial charge in [0.2, 0.25) is 5.91 Å². The number of hydrogen-bond donors (Lipinski definition) is 2. The average Bonchev–Trinajstić information content (AvgIpc) is 2.81. The van der Waals surface area contributed by atoms with Crippen LogP contribution >= 0.6 is 0 Å². The third-order valence-electron chi connectivity index (χ3n) is 5.64. The van der Waals surface area contributed by atoms with Crippen LogP contribution < -0.4 is 20.3 Å². The van der Waals surface area contributed by atoms with E-state index in [-0.39, 0.29) is 24.4 Å². The van der Waals surface area contributed by atoms with Gasteiger partial charge in [-0.05, 0) is 30.7 Å². The maximum atomic E-state index is 12.9. The molecule has 2 N–H and O–H groups in total. The number of carbonyl (C=O) groups excluding carboxylic acids is 2. The van der Waals surface area contributed by atoms with Crippen LogP contribution in [0.5, 0.6) is 5.75 Å². The van der Waals surface area contributed by atoms with Crippen molar-refractivity contribution >= 4 is 23.3 Å². The van der Waals surface area contributed by atoms with Gasteiger partial charge in [0.25, 0.3) is 5.91 Å². The summed E-state index contributed by atoms with van der Waals surface area (Å²) in [5.74, 6) is 1.07. The van der Waals surface area contributed by atoms with Crippen molar-refractivity contribution in [3.63, 3.8) is 0 Å². The lowest BCUT2D eigenvalue weighted by Gasteiger charge is -2.30. The first kappa shape index (κ1) is 22.0. The van der Waals surface area contributed by atoms with Crippen molar-refractivity contribution in [1.29, 1.82) is 0 Å². The van der Waals surface area contributed by atoms with Crippen LogP contribution in [0.15, 0.2) is 36.5 Å². The lowest BCUT2D eigenvalue weighted by molar-refractivity contribution is -0.117. The van der Waals surface area contributed by atoms with Crippen LogP contribution in [0.25, 0.3) is 0 Å². The molecular formula is C23H29N5O4. The second-order valence-electron chi connectivity index (χ2n) is 8.06. The molecule has 32 heavy (non-hydrogen) atoms. The standard InChI is InChI=1S/C23H29N5O4/c1-16(14-27-7-9-32-10-8-27)26-23(30)18-11-20-22(24-12-18)25-13-21(29)28(20)15-17-3-5-19(31-2)6-4-17/h3-6,11-12,16H,7-10,13-15H2,1-2H3,(H,24,25)(H,26,30). The van der Waals surface area contributed by atoms with Crippen molar-refractivity contribution in [3.8, 4) is 5.75 Å². The lowest BCUT2D eigenvalue weighted by atomic mass is 10.1. The molecule has 1 fully saturated rings. The second-order valence-corrected chi connectivity index (χ2v) is 8.06. The molecule has 2 amide bonds. The van der Waals surface area contributed by atoms with E-state index in [9.17, 15) is 9.59 Å². The minimum absolute atomic E-state index is 0.0215. The van der Waals surface area contributed by atoms with E-state index in [1.807, 2.05) is 31.2 Å². The highest BCUT2D eigenvalue weighted by Crippen LogP contribution is 2.30. The average molecular weight is 440 g/mol. The number of ether oxygens (including phenoxy) is 2. The second kappa shape index (κ2) is 9.97. The predicted molar refractivity (Wildman–Crippen MR) is 121 cm³/mol. The number of methoxy groups -OCH3 is 1. The van der Waals surface area contributed by atoms with Crippen LogP contribution in [-0.2, 0) is 16.1 Å².